The minimum Gasteiger partial charge on any atom is -0.492 e. The summed E-state index contributed by atoms with van der Waals surface area (Å²) in [6.45, 7) is 15.2. The molecule has 0 N–H and O–H groups in total. The van der Waals surface area contributed by atoms with Gasteiger partial charge in [0.1, 0.15) is 23.7 Å². The largest absolute Gasteiger partial charge is 0.492 e. The molecule has 0 unspecified atom stereocenters. The van der Waals surface area contributed by atoms with Gasteiger partial charge in [-0.05, 0) is 70.1 Å². The Kier molecular flexibility index (Phi) is 8.39. The van der Waals surface area contributed by atoms with Gasteiger partial charge >= 0.3 is 5.97 Å². The second kappa shape index (κ2) is 11.1. The van der Waals surface area contributed by atoms with E-state index in [1.807, 2.05) is 50.2 Å². The molecule has 0 bridgehead atoms. The number of carbonyl (C=O) groups excluding carboxylic acids is 2. The van der Waals surface area contributed by atoms with Crippen LogP contribution in [0.25, 0.3) is 11.0 Å². The van der Waals surface area contributed by atoms with E-state index in [0.717, 1.165) is 41.9 Å². The maximum absolute atomic E-state index is 13.8. The van der Waals surface area contributed by atoms with Crippen molar-refractivity contribution >= 4 is 22.7 Å². The number of aryl methyl sites for hydroxylation is 2. The number of nitrogens with zero attached hydrogens (tertiary/aromatic N) is 1. The topological polar surface area (TPSA) is 69.0 Å². The predicted octanol–water partition coefficient (Wildman–Crippen LogP) is 5.74. The summed E-state index contributed by atoms with van der Waals surface area (Å²) in [6, 6.07) is 11.2. The molecule has 1 aromatic heterocycles. The zero-order valence-corrected chi connectivity index (χ0v) is 22.0. The first-order valence-corrected chi connectivity index (χ1v) is 12.2. The molecule has 0 fully saturated rings. The molecule has 0 aliphatic carbocycles. The fourth-order valence-electron chi connectivity index (χ4n) is 4.49. The van der Waals surface area contributed by atoms with Crippen molar-refractivity contribution in [3.05, 3.63) is 64.4 Å². The number of carbonyl (C=O) groups is 2. The summed E-state index contributed by atoms with van der Waals surface area (Å²) < 4.78 is 17.2. The molecule has 0 atom stereocenters. The van der Waals surface area contributed by atoms with Crippen LogP contribution in [0.5, 0.6) is 5.75 Å². The molecule has 0 radical (unpaired) electrons. The van der Waals surface area contributed by atoms with Crippen LogP contribution >= 0.6 is 0 Å². The van der Waals surface area contributed by atoms with Crippen molar-refractivity contribution in [2.75, 3.05) is 33.4 Å². The second-order valence-corrected chi connectivity index (χ2v) is 9.59. The first-order chi connectivity index (χ1) is 16.6. The van der Waals surface area contributed by atoms with E-state index in [1.54, 1.807) is 13.8 Å². The molecule has 6 nitrogen and oxygen atoms in total. The Balaban J connectivity index is 1.96. The van der Waals surface area contributed by atoms with Gasteiger partial charge in [-0.2, -0.15) is 0 Å². The van der Waals surface area contributed by atoms with Crippen LogP contribution in [-0.4, -0.2) is 50.0 Å². The van der Waals surface area contributed by atoms with Crippen molar-refractivity contribution in [3.63, 3.8) is 0 Å². The number of para-hydroxylation sites is 1. The molecule has 3 rings (SSSR count). The summed E-state index contributed by atoms with van der Waals surface area (Å²) in [5.74, 6) is 0.819. The molecule has 6 heteroatoms. The van der Waals surface area contributed by atoms with Gasteiger partial charge in [0.05, 0.1) is 18.1 Å². The Labute approximate surface area is 208 Å². The zero-order valence-electron chi connectivity index (χ0n) is 22.0. The van der Waals surface area contributed by atoms with E-state index in [9.17, 15) is 9.59 Å². The van der Waals surface area contributed by atoms with Crippen LogP contribution < -0.4 is 4.74 Å². The molecule has 3 aromatic rings. The molecule has 188 valence electrons. The van der Waals surface area contributed by atoms with Crippen molar-refractivity contribution in [1.82, 2.24) is 4.90 Å². The maximum atomic E-state index is 13.8. The number of furan rings is 1. The summed E-state index contributed by atoms with van der Waals surface area (Å²) in [7, 11) is 1.37. The average Bonchev–Trinajstić information content (AvgIpc) is 3.19. The number of ketones is 1. The van der Waals surface area contributed by atoms with E-state index in [2.05, 4.69) is 18.7 Å². The highest BCUT2D eigenvalue weighted by Crippen LogP contribution is 2.34. The molecular weight excluding hydrogens is 442 g/mol. The molecule has 35 heavy (non-hydrogen) atoms. The van der Waals surface area contributed by atoms with E-state index in [4.69, 9.17) is 13.9 Å². The minimum absolute atomic E-state index is 0.133. The van der Waals surface area contributed by atoms with E-state index >= 15 is 0 Å². The van der Waals surface area contributed by atoms with Crippen molar-refractivity contribution in [3.8, 4) is 5.75 Å². The van der Waals surface area contributed by atoms with Crippen LogP contribution in [0.15, 0.2) is 40.8 Å². The SMILES string of the molecule is CCN(CC)CCOc1c(C)cc(C(=O)c2c(CC(C)(C)C(=O)OC)oc3ccccc23)cc1C. The smallest absolute Gasteiger partial charge is 0.311 e. The first kappa shape index (κ1) is 26.5. The van der Waals surface area contributed by atoms with Crippen molar-refractivity contribution in [2.45, 2.75) is 48.0 Å². The number of hydrogen-bond acceptors (Lipinski definition) is 6. The number of benzene rings is 2. The number of likely N-dealkylation sites (N-methyl/N-ethyl adjacent to an activating group) is 1. The molecule has 0 aliphatic heterocycles. The van der Waals surface area contributed by atoms with Gasteiger partial charge in [0, 0.05) is 23.9 Å². The van der Waals surface area contributed by atoms with Crippen molar-refractivity contribution < 1.29 is 23.5 Å². The fraction of sp³-hybridized carbons (Fsp3) is 0.448. The molecule has 0 spiro atoms. The predicted molar refractivity (Wildman–Crippen MR) is 138 cm³/mol. The van der Waals surface area contributed by atoms with Crippen LogP contribution in [0.4, 0.5) is 0 Å². The van der Waals surface area contributed by atoms with Crippen LogP contribution in [-0.2, 0) is 16.0 Å². The van der Waals surface area contributed by atoms with Crippen LogP contribution in [0, 0.1) is 19.3 Å². The molecule has 0 saturated carbocycles. The van der Waals surface area contributed by atoms with Crippen molar-refractivity contribution in [2.24, 2.45) is 5.41 Å². The number of rotatable bonds is 11. The minimum atomic E-state index is -0.841. The van der Waals surface area contributed by atoms with Crippen molar-refractivity contribution in [1.29, 1.82) is 0 Å². The fourth-order valence-corrected chi connectivity index (χ4v) is 4.49. The molecular formula is C29H37NO5. The Morgan fingerprint density at radius 2 is 1.66 bits per heavy atom. The van der Waals surface area contributed by atoms with Gasteiger partial charge in [-0.1, -0.05) is 32.0 Å². The van der Waals surface area contributed by atoms with E-state index in [1.165, 1.54) is 7.11 Å². The third-order valence-corrected chi connectivity index (χ3v) is 6.51. The number of fused-ring (bicyclic) bond motifs is 1. The zero-order chi connectivity index (χ0) is 25.8. The molecule has 2 aromatic carbocycles. The van der Waals surface area contributed by atoms with Crippen LogP contribution in [0.1, 0.15) is 60.5 Å². The van der Waals surface area contributed by atoms with Gasteiger partial charge < -0.3 is 18.8 Å². The highest BCUT2D eigenvalue weighted by molar-refractivity contribution is 6.17. The Morgan fingerprint density at radius 1 is 1.03 bits per heavy atom. The summed E-state index contributed by atoms with van der Waals surface area (Å²) in [4.78, 5) is 28.5. The highest BCUT2D eigenvalue weighted by Gasteiger charge is 2.34. The maximum Gasteiger partial charge on any atom is 0.311 e. The lowest BCUT2D eigenvalue weighted by molar-refractivity contribution is -0.150. The summed E-state index contributed by atoms with van der Waals surface area (Å²) in [6.07, 6.45) is 0.250. The lowest BCUT2D eigenvalue weighted by Crippen LogP contribution is -2.28. The van der Waals surface area contributed by atoms with Gasteiger partial charge in [-0.25, -0.2) is 0 Å². The van der Waals surface area contributed by atoms with Gasteiger partial charge in [0.2, 0.25) is 0 Å². The monoisotopic (exact) mass is 479 g/mol. The lowest BCUT2D eigenvalue weighted by Gasteiger charge is -2.21. The lowest BCUT2D eigenvalue weighted by atomic mass is 9.85. The Bertz CT molecular complexity index is 1180. The molecule has 0 saturated heterocycles. The summed E-state index contributed by atoms with van der Waals surface area (Å²) in [5, 5.41) is 0.739. The Hall–Kier alpha value is -3.12. The first-order valence-electron chi connectivity index (χ1n) is 12.2. The van der Waals surface area contributed by atoms with E-state index in [-0.39, 0.29) is 18.2 Å². The number of hydrogen-bond donors (Lipinski definition) is 0. The normalized spacial score (nSPS) is 11.8. The average molecular weight is 480 g/mol. The van der Waals surface area contributed by atoms with Gasteiger partial charge in [-0.3, -0.25) is 9.59 Å². The standard InChI is InChI=1S/C29H37NO5/c1-8-30(9-2)14-15-34-27-19(3)16-21(17-20(27)4)26(31)25-22-12-10-11-13-23(22)35-24(25)18-29(5,6)28(32)33-7/h10-13,16-17H,8-9,14-15,18H2,1-7H3. The van der Waals surface area contributed by atoms with E-state index < -0.39 is 5.41 Å². The summed E-state index contributed by atoms with van der Waals surface area (Å²) in [5.41, 5.74) is 2.67. The van der Waals surface area contributed by atoms with Gasteiger partial charge in [0.25, 0.3) is 0 Å². The number of esters is 1. The molecule has 1 heterocycles. The molecule has 0 amide bonds. The highest BCUT2D eigenvalue weighted by atomic mass is 16.5. The third-order valence-electron chi connectivity index (χ3n) is 6.51. The summed E-state index contributed by atoms with van der Waals surface area (Å²) >= 11 is 0. The third kappa shape index (κ3) is 5.76. The quantitative estimate of drug-likeness (QED) is 0.258. The van der Waals surface area contributed by atoms with E-state index in [0.29, 0.717) is 29.1 Å². The van der Waals surface area contributed by atoms with Crippen LogP contribution in [0.3, 0.4) is 0 Å². The number of methoxy groups -OCH3 is 1. The molecule has 0 aliphatic rings. The van der Waals surface area contributed by atoms with Crippen LogP contribution in [0.2, 0.25) is 0 Å². The van der Waals surface area contributed by atoms with Gasteiger partial charge in [-0.15, -0.1) is 0 Å². The second-order valence-electron chi connectivity index (χ2n) is 9.59. The Morgan fingerprint density at radius 3 is 2.26 bits per heavy atom. The number of ether oxygens (including phenoxy) is 2. The van der Waals surface area contributed by atoms with Gasteiger partial charge in [0.15, 0.2) is 5.78 Å².